The first-order chi connectivity index (χ1) is 6.13. The summed E-state index contributed by atoms with van der Waals surface area (Å²) < 4.78 is 4.83. The van der Waals surface area contributed by atoms with Crippen LogP contribution in [0.3, 0.4) is 0 Å². The Bertz CT molecular complexity index is 217. The molecule has 0 aromatic carbocycles. The molecular weight excluding hydrogens is 208 g/mol. The van der Waals surface area contributed by atoms with Crippen molar-refractivity contribution in [2.45, 2.75) is 19.4 Å². The molecule has 0 aromatic rings. The first-order valence-electron chi connectivity index (χ1n) is 4.29. The highest BCUT2D eigenvalue weighted by Crippen LogP contribution is 2.09. The number of likely N-dealkylation sites (tertiary alicyclic amines) is 1. The van der Waals surface area contributed by atoms with Crippen molar-refractivity contribution >= 4 is 24.2 Å². The summed E-state index contributed by atoms with van der Waals surface area (Å²) in [6.45, 7) is 2.96. The Labute approximate surface area is 89.0 Å². The minimum absolute atomic E-state index is 0. The highest BCUT2D eigenvalue weighted by atomic mass is 35.5. The minimum atomic E-state index is -0.384. The second kappa shape index (κ2) is 5.82. The van der Waals surface area contributed by atoms with Crippen molar-refractivity contribution in [3.8, 4) is 0 Å². The monoisotopic (exact) mass is 222 g/mol. The number of hydrogen-bond donors (Lipinski definition) is 2. The number of halogens is 1. The lowest BCUT2D eigenvalue weighted by Crippen LogP contribution is -2.53. The van der Waals surface area contributed by atoms with Gasteiger partial charge in [0.25, 0.3) is 0 Å². The number of amides is 1. The summed E-state index contributed by atoms with van der Waals surface area (Å²) >= 11 is 0. The fourth-order valence-electron chi connectivity index (χ4n) is 1.13. The lowest BCUT2D eigenvalue weighted by Gasteiger charge is -2.35. The van der Waals surface area contributed by atoms with Crippen LogP contribution in [-0.2, 0) is 9.53 Å². The molecule has 6 heteroatoms. The Balaban J connectivity index is 0.00000169. The first kappa shape index (κ1) is 13.2. The molecule has 0 spiro atoms. The molecule has 0 radical (unpaired) electrons. The van der Waals surface area contributed by atoms with Gasteiger partial charge < -0.3 is 14.7 Å². The molecule has 1 saturated heterocycles. The molecule has 1 fully saturated rings. The van der Waals surface area contributed by atoms with Crippen LogP contribution in [0.4, 0.5) is 0 Å². The van der Waals surface area contributed by atoms with Crippen LogP contribution in [0.2, 0.25) is 0 Å². The van der Waals surface area contributed by atoms with Gasteiger partial charge in [0.15, 0.2) is 5.90 Å². The van der Waals surface area contributed by atoms with E-state index in [4.69, 9.17) is 15.3 Å². The van der Waals surface area contributed by atoms with E-state index in [1.807, 2.05) is 0 Å². The highest BCUT2D eigenvalue weighted by Gasteiger charge is 2.29. The molecule has 1 aliphatic heterocycles. The average Bonchev–Trinajstić information content (AvgIpc) is 1.99. The van der Waals surface area contributed by atoms with Crippen LogP contribution in [-0.4, -0.2) is 47.6 Å². The number of carbonyl (C=O) groups excluding carboxylic acids is 1. The van der Waals surface area contributed by atoms with Crippen LogP contribution < -0.4 is 0 Å². The predicted octanol–water partition coefficient (Wildman–Crippen LogP) is 0.0152. The Hall–Kier alpha value is -0.810. The van der Waals surface area contributed by atoms with Gasteiger partial charge in [-0.05, 0) is 6.92 Å². The van der Waals surface area contributed by atoms with E-state index < -0.39 is 0 Å². The molecule has 2 N–H and O–H groups in total. The number of rotatable bonds is 3. The van der Waals surface area contributed by atoms with Crippen LogP contribution in [0.15, 0.2) is 0 Å². The zero-order valence-corrected chi connectivity index (χ0v) is 8.84. The lowest BCUT2D eigenvalue weighted by molar-refractivity contribution is -0.140. The van der Waals surface area contributed by atoms with Gasteiger partial charge in [0.2, 0.25) is 5.91 Å². The Morgan fingerprint density at radius 2 is 2.21 bits per heavy atom. The topological polar surface area (TPSA) is 73.6 Å². The van der Waals surface area contributed by atoms with Gasteiger partial charge in [0.05, 0.1) is 12.7 Å². The van der Waals surface area contributed by atoms with Crippen molar-refractivity contribution in [3.63, 3.8) is 0 Å². The zero-order valence-electron chi connectivity index (χ0n) is 8.02. The van der Waals surface area contributed by atoms with Gasteiger partial charge in [-0.2, -0.15) is 0 Å². The maximum absolute atomic E-state index is 11.3. The summed E-state index contributed by atoms with van der Waals surface area (Å²) in [4.78, 5) is 12.8. The molecule has 5 nitrogen and oxygen atoms in total. The second-order valence-corrected chi connectivity index (χ2v) is 2.99. The smallest absolute Gasteiger partial charge is 0.232 e. The summed E-state index contributed by atoms with van der Waals surface area (Å²) in [6.07, 6.45) is -0.383. The number of hydrogen-bond acceptors (Lipinski definition) is 4. The van der Waals surface area contributed by atoms with E-state index >= 15 is 0 Å². The molecule has 0 atom stereocenters. The number of nitrogens with zero attached hydrogens (tertiary/aromatic N) is 1. The largest absolute Gasteiger partial charge is 0.481 e. The third kappa shape index (κ3) is 3.51. The van der Waals surface area contributed by atoms with E-state index in [0.29, 0.717) is 19.7 Å². The van der Waals surface area contributed by atoms with Gasteiger partial charge in [-0.3, -0.25) is 10.2 Å². The van der Waals surface area contributed by atoms with E-state index in [-0.39, 0.29) is 36.7 Å². The maximum Gasteiger partial charge on any atom is 0.232 e. The highest BCUT2D eigenvalue weighted by molar-refractivity contribution is 5.95. The molecule has 82 valence electrons. The van der Waals surface area contributed by atoms with Gasteiger partial charge in [0.1, 0.15) is 6.42 Å². The van der Waals surface area contributed by atoms with Gasteiger partial charge in [-0.25, -0.2) is 0 Å². The van der Waals surface area contributed by atoms with Crippen molar-refractivity contribution in [3.05, 3.63) is 0 Å². The predicted molar refractivity (Wildman–Crippen MR) is 53.8 cm³/mol. The first-order valence-corrected chi connectivity index (χ1v) is 4.29. The van der Waals surface area contributed by atoms with Crippen LogP contribution in [0, 0.1) is 5.41 Å². The Kier molecular flexibility index (Phi) is 5.49. The molecule has 1 amide bonds. The fraction of sp³-hybridized carbons (Fsp3) is 0.750. The van der Waals surface area contributed by atoms with Gasteiger partial charge in [0, 0.05) is 13.1 Å². The lowest BCUT2D eigenvalue weighted by atomic mass is 10.1. The third-order valence-corrected chi connectivity index (χ3v) is 1.85. The summed E-state index contributed by atoms with van der Waals surface area (Å²) in [7, 11) is 0. The van der Waals surface area contributed by atoms with Crippen molar-refractivity contribution < 1.29 is 14.6 Å². The summed E-state index contributed by atoms with van der Waals surface area (Å²) in [5.74, 6) is -0.155. The molecule has 0 unspecified atom stereocenters. The number of aliphatic hydroxyl groups excluding tert-OH is 1. The molecule has 1 heterocycles. The van der Waals surface area contributed by atoms with E-state index in [9.17, 15) is 4.79 Å². The summed E-state index contributed by atoms with van der Waals surface area (Å²) in [5, 5.41) is 16.2. The van der Waals surface area contributed by atoms with Crippen molar-refractivity contribution in [2.24, 2.45) is 0 Å². The third-order valence-electron chi connectivity index (χ3n) is 1.85. The van der Waals surface area contributed by atoms with Crippen molar-refractivity contribution in [1.29, 1.82) is 5.41 Å². The van der Waals surface area contributed by atoms with Crippen LogP contribution in [0.5, 0.6) is 0 Å². The van der Waals surface area contributed by atoms with Crippen LogP contribution in [0.1, 0.15) is 13.3 Å². The molecule has 0 aliphatic carbocycles. The molecule has 0 aromatic heterocycles. The fourth-order valence-corrected chi connectivity index (χ4v) is 1.13. The van der Waals surface area contributed by atoms with Gasteiger partial charge >= 0.3 is 0 Å². The van der Waals surface area contributed by atoms with E-state index in [0.717, 1.165) is 0 Å². The Morgan fingerprint density at radius 1 is 1.64 bits per heavy atom. The Morgan fingerprint density at radius 3 is 2.64 bits per heavy atom. The van der Waals surface area contributed by atoms with E-state index in [2.05, 4.69) is 0 Å². The molecule has 14 heavy (non-hydrogen) atoms. The normalized spacial score (nSPS) is 15.4. The van der Waals surface area contributed by atoms with Crippen molar-refractivity contribution in [2.75, 3.05) is 19.7 Å². The van der Waals surface area contributed by atoms with Crippen molar-refractivity contribution in [1.82, 2.24) is 4.90 Å². The summed E-state index contributed by atoms with van der Waals surface area (Å²) in [6, 6.07) is 0. The number of β-amino-alcohol motifs (C(OH)–C–C–N with tert-alkyl or cyclic N) is 1. The SMILES string of the molecule is CCOC(=N)CC(=O)N1CC(O)C1.Cl. The number of nitrogens with one attached hydrogen (secondary N) is 1. The van der Waals surface area contributed by atoms with Gasteiger partial charge in [-0.1, -0.05) is 0 Å². The average molecular weight is 223 g/mol. The van der Waals surface area contributed by atoms with Crippen LogP contribution in [0.25, 0.3) is 0 Å². The maximum atomic E-state index is 11.3. The van der Waals surface area contributed by atoms with E-state index in [1.165, 1.54) is 4.90 Å². The second-order valence-electron chi connectivity index (χ2n) is 2.99. The molecule has 1 rings (SSSR count). The van der Waals surface area contributed by atoms with Crippen LogP contribution >= 0.6 is 12.4 Å². The number of ether oxygens (including phenoxy) is 1. The minimum Gasteiger partial charge on any atom is -0.481 e. The standard InChI is InChI=1S/C8H14N2O3.ClH/c1-2-13-7(9)3-8(12)10-4-6(11)5-10;/h6,9,11H,2-5H2,1H3;1H. The molecule has 0 bridgehead atoms. The number of carbonyl (C=O) groups is 1. The zero-order chi connectivity index (χ0) is 9.84. The molecular formula is C8H15ClN2O3. The molecule has 0 saturated carbocycles. The van der Waals surface area contributed by atoms with E-state index in [1.54, 1.807) is 6.92 Å². The van der Waals surface area contributed by atoms with Gasteiger partial charge in [-0.15, -0.1) is 12.4 Å². The summed E-state index contributed by atoms with van der Waals surface area (Å²) in [5.41, 5.74) is 0. The molecule has 1 aliphatic rings. The number of aliphatic hydroxyl groups is 1. The quantitative estimate of drug-likeness (QED) is 0.522.